The molecule has 0 saturated heterocycles. The molecule has 1 saturated carbocycles. The third-order valence-electron chi connectivity index (χ3n) is 4.87. The van der Waals surface area contributed by atoms with Crippen molar-refractivity contribution in [3.8, 4) is 11.3 Å². The molecule has 0 aliphatic heterocycles. The van der Waals surface area contributed by atoms with Crippen LogP contribution in [0, 0.1) is 5.92 Å². The van der Waals surface area contributed by atoms with Gasteiger partial charge >= 0.3 is 0 Å². The number of benzene rings is 1. The van der Waals surface area contributed by atoms with E-state index in [1.54, 1.807) is 11.3 Å². The zero-order chi connectivity index (χ0) is 17.8. The van der Waals surface area contributed by atoms with Crippen LogP contribution in [0.2, 0.25) is 0 Å². The van der Waals surface area contributed by atoms with Crippen molar-refractivity contribution < 1.29 is 0 Å². The number of nitrogens with zero attached hydrogens (tertiary/aromatic N) is 5. The van der Waals surface area contributed by atoms with Crippen LogP contribution >= 0.6 is 11.3 Å². The Labute approximate surface area is 162 Å². The molecule has 5 rings (SSSR count). The van der Waals surface area contributed by atoms with Gasteiger partial charge in [-0.2, -0.15) is 5.10 Å². The predicted molar refractivity (Wildman–Crippen MR) is 112 cm³/mol. The fourth-order valence-electron chi connectivity index (χ4n) is 3.33. The first-order valence-corrected chi connectivity index (χ1v) is 9.80. The SMILES string of the molecule is C.CC(C)n1nc(-c2ccc3nc(CC4CC4)sc3c2)c2c(N)ncnc21. The van der Waals surface area contributed by atoms with E-state index in [4.69, 9.17) is 15.8 Å². The molecular weight excluding hydrogens is 356 g/mol. The lowest BCUT2D eigenvalue weighted by Crippen LogP contribution is -2.04. The van der Waals surface area contributed by atoms with Gasteiger partial charge in [0.1, 0.15) is 17.8 Å². The average Bonchev–Trinajstić information content (AvgIpc) is 3.19. The zero-order valence-corrected chi connectivity index (χ0v) is 15.6. The molecule has 0 radical (unpaired) electrons. The second-order valence-electron chi connectivity index (χ2n) is 7.28. The molecule has 0 unspecified atom stereocenters. The number of fused-ring (bicyclic) bond motifs is 2. The molecule has 27 heavy (non-hydrogen) atoms. The molecule has 1 aliphatic rings. The van der Waals surface area contributed by atoms with Gasteiger partial charge in [0.2, 0.25) is 0 Å². The van der Waals surface area contributed by atoms with Gasteiger partial charge in [0.15, 0.2) is 5.65 Å². The zero-order valence-electron chi connectivity index (χ0n) is 14.8. The lowest BCUT2D eigenvalue weighted by atomic mass is 10.1. The van der Waals surface area contributed by atoms with Crippen molar-refractivity contribution in [2.24, 2.45) is 5.92 Å². The van der Waals surface area contributed by atoms with E-state index in [1.807, 2.05) is 4.68 Å². The second kappa shape index (κ2) is 6.56. The number of nitrogens with two attached hydrogens (primary N) is 1. The van der Waals surface area contributed by atoms with E-state index in [9.17, 15) is 0 Å². The van der Waals surface area contributed by atoms with Crippen molar-refractivity contribution in [1.29, 1.82) is 0 Å². The van der Waals surface area contributed by atoms with Crippen molar-refractivity contribution in [2.75, 3.05) is 5.73 Å². The Morgan fingerprint density at radius 1 is 1.26 bits per heavy atom. The molecule has 0 amide bonds. The molecule has 3 heterocycles. The molecule has 1 fully saturated rings. The smallest absolute Gasteiger partial charge is 0.164 e. The normalized spacial score (nSPS) is 14.2. The Bertz CT molecular complexity index is 1120. The summed E-state index contributed by atoms with van der Waals surface area (Å²) in [5, 5.41) is 6.87. The van der Waals surface area contributed by atoms with E-state index >= 15 is 0 Å². The summed E-state index contributed by atoms with van der Waals surface area (Å²) in [6.45, 7) is 4.18. The average molecular weight is 381 g/mol. The predicted octanol–water partition coefficient (Wildman–Crippen LogP) is 4.85. The number of nitrogen functional groups attached to an aromatic ring is 1. The van der Waals surface area contributed by atoms with Crippen molar-refractivity contribution in [3.63, 3.8) is 0 Å². The van der Waals surface area contributed by atoms with Crippen LogP contribution in [-0.2, 0) is 6.42 Å². The van der Waals surface area contributed by atoms with Gasteiger partial charge in [-0.15, -0.1) is 11.3 Å². The van der Waals surface area contributed by atoms with Crippen molar-refractivity contribution >= 4 is 38.4 Å². The molecule has 0 bridgehead atoms. The quantitative estimate of drug-likeness (QED) is 0.547. The van der Waals surface area contributed by atoms with Crippen LogP contribution in [0.15, 0.2) is 24.5 Å². The minimum absolute atomic E-state index is 0. The maximum Gasteiger partial charge on any atom is 0.164 e. The Kier molecular flexibility index (Phi) is 4.34. The molecule has 3 aromatic heterocycles. The summed E-state index contributed by atoms with van der Waals surface area (Å²) in [5.41, 5.74) is 9.88. The van der Waals surface area contributed by atoms with E-state index in [0.29, 0.717) is 5.82 Å². The van der Waals surface area contributed by atoms with Gasteiger partial charge in [-0.3, -0.25) is 0 Å². The fraction of sp³-hybridized carbons (Fsp3) is 0.400. The van der Waals surface area contributed by atoms with E-state index in [-0.39, 0.29) is 13.5 Å². The molecule has 6 nitrogen and oxygen atoms in total. The number of aromatic nitrogens is 5. The van der Waals surface area contributed by atoms with Gasteiger partial charge in [0, 0.05) is 18.0 Å². The minimum atomic E-state index is 0. The summed E-state index contributed by atoms with van der Waals surface area (Å²) >= 11 is 1.79. The van der Waals surface area contributed by atoms with Crippen LogP contribution in [0.1, 0.15) is 45.2 Å². The Morgan fingerprint density at radius 3 is 2.81 bits per heavy atom. The Balaban J connectivity index is 0.00000180. The van der Waals surface area contributed by atoms with Gasteiger partial charge in [0.05, 0.1) is 20.6 Å². The van der Waals surface area contributed by atoms with Crippen LogP contribution in [0.25, 0.3) is 32.5 Å². The van der Waals surface area contributed by atoms with Crippen LogP contribution in [0.4, 0.5) is 5.82 Å². The highest BCUT2D eigenvalue weighted by Crippen LogP contribution is 2.37. The van der Waals surface area contributed by atoms with Gasteiger partial charge < -0.3 is 5.73 Å². The van der Waals surface area contributed by atoms with Crippen molar-refractivity contribution in [2.45, 2.75) is 46.6 Å². The highest BCUT2D eigenvalue weighted by Gasteiger charge is 2.23. The lowest BCUT2D eigenvalue weighted by Gasteiger charge is -2.05. The number of thiazole rings is 1. The summed E-state index contributed by atoms with van der Waals surface area (Å²) in [5.74, 6) is 1.31. The van der Waals surface area contributed by atoms with Crippen molar-refractivity contribution in [1.82, 2.24) is 24.7 Å². The number of hydrogen-bond acceptors (Lipinski definition) is 6. The summed E-state index contributed by atoms with van der Waals surface area (Å²) in [6, 6.07) is 6.51. The van der Waals surface area contributed by atoms with E-state index in [0.717, 1.165) is 40.1 Å². The Hall–Kier alpha value is -2.54. The molecule has 140 valence electrons. The second-order valence-corrected chi connectivity index (χ2v) is 8.40. The minimum Gasteiger partial charge on any atom is -0.383 e. The molecule has 4 aromatic rings. The standard InChI is InChI=1S/C19H20N6S.CH4/c1-10(2)25-19-16(18(20)21-9-22-19)17(24-25)12-5-6-13-14(8-12)26-15(23-13)7-11-3-4-11;/h5-6,8-11H,3-4,7H2,1-2H3,(H2,20,21,22);1H4. The highest BCUT2D eigenvalue weighted by atomic mass is 32.1. The maximum absolute atomic E-state index is 6.17. The third-order valence-corrected chi connectivity index (χ3v) is 5.91. The number of hydrogen-bond donors (Lipinski definition) is 1. The van der Waals surface area contributed by atoms with Crippen LogP contribution in [0.5, 0.6) is 0 Å². The molecule has 0 spiro atoms. The molecular formula is C20H24N6S. The number of anilines is 1. The van der Waals surface area contributed by atoms with E-state index < -0.39 is 0 Å². The van der Waals surface area contributed by atoms with Gasteiger partial charge in [-0.25, -0.2) is 19.6 Å². The molecule has 1 aliphatic carbocycles. The summed E-state index contributed by atoms with van der Waals surface area (Å²) in [4.78, 5) is 13.4. The largest absolute Gasteiger partial charge is 0.383 e. The van der Waals surface area contributed by atoms with Crippen LogP contribution in [0.3, 0.4) is 0 Å². The van der Waals surface area contributed by atoms with Gasteiger partial charge in [-0.05, 0) is 44.7 Å². The monoisotopic (exact) mass is 380 g/mol. The van der Waals surface area contributed by atoms with E-state index in [2.05, 4.69) is 42.0 Å². The topological polar surface area (TPSA) is 82.5 Å². The first-order chi connectivity index (χ1) is 12.6. The van der Waals surface area contributed by atoms with Crippen LogP contribution in [-0.4, -0.2) is 24.7 Å². The fourth-order valence-corrected chi connectivity index (χ4v) is 4.45. The Morgan fingerprint density at radius 2 is 2.07 bits per heavy atom. The molecule has 2 N–H and O–H groups in total. The summed E-state index contributed by atoms with van der Waals surface area (Å²) in [6.07, 6.45) is 5.30. The first kappa shape index (κ1) is 17.9. The third kappa shape index (κ3) is 3.06. The van der Waals surface area contributed by atoms with Gasteiger partial charge in [0.25, 0.3) is 0 Å². The van der Waals surface area contributed by atoms with Gasteiger partial charge in [-0.1, -0.05) is 13.5 Å². The number of rotatable bonds is 4. The molecule has 1 aromatic carbocycles. The summed E-state index contributed by atoms with van der Waals surface area (Å²) in [7, 11) is 0. The first-order valence-electron chi connectivity index (χ1n) is 8.98. The van der Waals surface area contributed by atoms with Crippen LogP contribution < -0.4 is 5.73 Å². The van der Waals surface area contributed by atoms with Crippen molar-refractivity contribution in [3.05, 3.63) is 29.5 Å². The van der Waals surface area contributed by atoms with E-state index in [1.165, 1.54) is 28.9 Å². The maximum atomic E-state index is 6.17. The highest BCUT2D eigenvalue weighted by molar-refractivity contribution is 7.18. The molecule has 7 heteroatoms. The summed E-state index contributed by atoms with van der Waals surface area (Å²) < 4.78 is 3.11. The molecule has 0 atom stereocenters. The lowest BCUT2D eigenvalue weighted by molar-refractivity contribution is 0.548.